The maximum atomic E-state index is 15.5. The Balaban J connectivity index is 1.70. The minimum Gasteiger partial charge on any atom is -0.294 e. The number of sulfonamides is 1. The van der Waals surface area contributed by atoms with E-state index in [1.165, 1.54) is 31.3 Å². The third-order valence-electron chi connectivity index (χ3n) is 5.92. The van der Waals surface area contributed by atoms with Gasteiger partial charge in [-0.3, -0.25) is 14.8 Å². The number of anilines is 2. The average Bonchev–Trinajstić information content (AvgIpc) is 2.84. The van der Waals surface area contributed by atoms with Crippen LogP contribution in [0.15, 0.2) is 59.6 Å². The van der Waals surface area contributed by atoms with Crippen molar-refractivity contribution in [2.75, 3.05) is 10.0 Å². The summed E-state index contributed by atoms with van der Waals surface area (Å²) in [4.78, 5) is 19.8. The van der Waals surface area contributed by atoms with Gasteiger partial charge in [-0.25, -0.2) is 27.2 Å². The number of rotatable bonds is 5. The van der Waals surface area contributed by atoms with Crippen molar-refractivity contribution in [3.8, 4) is 11.1 Å². The summed E-state index contributed by atoms with van der Waals surface area (Å²) in [5, 5.41) is 2.96. The lowest BCUT2D eigenvalue weighted by Crippen LogP contribution is -2.28. The summed E-state index contributed by atoms with van der Waals surface area (Å²) in [5.74, 6) is -2.56. The van der Waals surface area contributed by atoms with E-state index in [0.717, 1.165) is 24.3 Å². The van der Waals surface area contributed by atoms with Crippen molar-refractivity contribution in [2.24, 2.45) is 5.41 Å². The standard InChI is InChI=1S/C27H23F5N4O3S/c1-14-5-7-17(27(30,31)32)12-21(14)40(38,39)36-20-10-8-18(28)22(23(20)29)15-6-9-19-16(11-15)13-33-25(34-19)35-24(37)26(2,3)4/h5-13,36H,1-4H3,(H,33,34,35,37). The van der Waals surface area contributed by atoms with Crippen molar-refractivity contribution in [3.63, 3.8) is 0 Å². The fourth-order valence-corrected chi connectivity index (χ4v) is 5.03. The molecule has 210 valence electrons. The van der Waals surface area contributed by atoms with Crippen molar-refractivity contribution in [1.29, 1.82) is 0 Å². The lowest BCUT2D eigenvalue weighted by atomic mass is 9.96. The van der Waals surface area contributed by atoms with Crippen LogP contribution in [0.3, 0.4) is 0 Å². The number of benzene rings is 3. The van der Waals surface area contributed by atoms with Crippen LogP contribution >= 0.6 is 0 Å². The van der Waals surface area contributed by atoms with Crippen molar-refractivity contribution in [2.45, 2.75) is 38.8 Å². The molecule has 4 rings (SSSR count). The van der Waals surface area contributed by atoms with Crippen LogP contribution in [-0.2, 0) is 21.0 Å². The van der Waals surface area contributed by atoms with E-state index < -0.39 is 55.0 Å². The van der Waals surface area contributed by atoms with Gasteiger partial charge in [-0.15, -0.1) is 0 Å². The van der Waals surface area contributed by atoms with Crippen LogP contribution in [0, 0.1) is 24.0 Å². The molecule has 1 aromatic heterocycles. The molecule has 4 aromatic rings. The number of nitrogens with zero attached hydrogens (tertiary/aromatic N) is 2. The number of hydrogen-bond acceptors (Lipinski definition) is 5. The third-order valence-corrected chi connectivity index (χ3v) is 7.42. The molecule has 0 aliphatic carbocycles. The molecular formula is C27H23F5N4O3S. The molecule has 0 spiro atoms. The molecule has 0 aliphatic heterocycles. The Labute approximate surface area is 226 Å². The van der Waals surface area contributed by atoms with E-state index in [2.05, 4.69) is 15.3 Å². The molecule has 0 bridgehead atoms. The summed E-state index contributed by atoms with van der Waals surface area (Å²) in [5.41, 5.74) is -2.75. The average molecular weight is 579 g/mol. The summed E-state index contributed by atoms with van der Waals surface area (Å²) in [6, 6.07) is 8.01. The fraction of sp³-hybridized carbons (Fsp3) is 0.222. The van der Waals surface area contributed by atoms with Gasteiger partial charge in [-0.1, -0.05) is 32.9 Å². The van der Waals surface area contributed by atoms with Gasteiger partial charge in [-0.2, -0.15) is 13.2 Å². The highest BCUT2D eigenvalue weighted by Gasteiger charge is 2.33. The molecule has 0 atom stereocenters. The van der Waals surface area contributed by atoms with Crippen molar-refractivity contribution < 1.29 is 35.2 Å². The van der Waals surface area contributed by atoms with E-state index in [1.54, 1.807) is 20.8 Å². The first-order valence-electron chi connectivity index (χ1n) is 11.7. The summed E-state index contributed by atoms with van der Waals surface area (Å²) in [6.45, 7) is 6.44. The number of aromatic nitrogens is 2. The fourth-order valence-electron chi connectivity index (χ4n) is 3.70. The van der Waals surface area contributed by atoms with Crippen molar-refractivity contribution >= 4 is 38.5 Å². The zero-order valence-electron chi connectivity index (χ0n) is 21.6. The zero-order valence-corrected chi connectivity index (χ0v) is 22.4. The molecule has 0 radical (unpaired) electrons. The SMILES string of the molecule is Cc1ccc(C(F)(F)F)cc1S(=O)(=O)Nc1ccc(F)c(-c2ccc3nc(NC(=O)C(C)(C)C)ncc3c2)c1F. The monoisotopic (exact) mass is 578 g/mol. The zero-order chi connectivity index (χ0) is 29.6. The van der Waals surface area contributed by atoms with Crippen LogP contribution in [0.25, 0.3) is 22.0 Å². The quantitative estimate of drug-likeness (QED) is 0.257. The van der Waals surface area contributed by atoms with Crippen LogP contribution in [-0.4, -0.2) is 24.3 Å². The van der Waals surface area contributed by atoms with Crippen molar-refractivity contribution in [3.05, 3.63) is 77.5 Å². The van der Waals surface area contributed by atoms with Crippen LogP contribution < -0.4 is 10.0 Å². The molecule has 0 fully saturated rings. The molecule has 0 saturated carbocycles. The lowest BCUT2D eigenvalue weighted by Gasteiger charge is -2.17. The first-order chi connectivity index (χ1) is 18.5. The third kappa shape index (κ3) is 5.88. The van der Waals surface area contributed by atoms with Gasteiger partial charge >= 0.3 is 6.18 Å². The number of halogens is 5. The van der Waals surface area contributed by atoms with E-state index in [1.807, 2.05) is 4.72 Å². The highest BCUT2D eigenvalue weighted by Crippen LogP contribution is 2.35. The Morgan fingerprint density at radius 2 is 1.65 bits per heavy atom. The van der Waals surface area contributed by atoms with Crippen molar-refractivity contribution in [1.82, 2.24) is 9.97 Å². The first kappa shape index (κ1) is 28.9. The number of carbonyl (C=O) groups excluding carboxylic acids is 1. The minimum absolute atomic E-state index is 0.00386. The lowest BCUT2D eigenvalue weighted by molar-refractivity contribution is -0.137. The molecule has 3 aromatic carbocycles. The van der Waals surface area contributed by atoms with E-state index in [4.69, 9.17) is 0 Å². The smallest absolute Gasteiger partial charge is 0.294 e. The minimum atomic E-state index is -4.80. The Hall–Kier alpha value is -4.13. The number of aryl methyl sites for hydroxylation is 1. The molecule has 0 unspecified atom stereocenters. The van der Waals surface area contributed by atoms with Gasteiger partial charge in [0.1, 0.15) is 5.82 Å². The number of alkyl halides is 3. The van der Waals surface area contributed by atoms with E-state index in [-0.39, 0.29) is 23.0 Å². The van der Waals surface area contributed by atoms with E-state index >= 15 is 4.39 Å². The molecule has 13 heteroatoms. The van der Waals surface area contributed by atoms with E-state index in [9.17, 15) is 30.8 Å². The van der Waals surface area contributed by atoms with Crippen LogP contribution in [0.2, 0.25) is 0 Å². The molecular weight excluding hydrogens is 555 g/mol. The largest absolute Gasteiger partial charge is 0.416 e. The topological polar surface area (TPSA) is 101 Å². The Morgan fingerprint density at radius 1 is 0.950 bits per heavy atom. The predicted molar refractivity (Wildman–Crippen MR) is 140 cm³/mol. The predicted octanol–water partition coefficient (Wildman–Crippen LogP) is 6.69. The summed E-state index contributed by atoms with van der Waals surface area (Å²) in [7, 11) is -4.69. The molecule has 40 heavy (non-hydrogen) atoms. The normalized spacial score (nSPS) is 12.4. The second-order valence-electron chi connectivity index (χ2n) is 10.0. The maximum Gasteiger partial charge on any atom is 0.416 e. The first-order valence-corrected chi connectivity index (χ1v) is 13.2. The van der Waals surface area contributed by atoms with Crippen LogP contribution in [0.5, 0.6) is 0 Å². The number of fused-ring (bicyclic) bond motifs is 1. The van der Waals surface area contributed by atoms with Gasteiger partial charge in [-0.05, 0) is 54.4 Å². The molecule has 2 N–H and O–H groups in total. The highest BCUT2D eigenvalue weighted by molar-refractivity contribution is 7.92. The van der Waals surface area contributed by atoms with Gasteiger partial charge < -0.3 is 0 Å². The maximum absolute atomic E-state index is 15.5. The number of amides is 1. The molecule has 7 nitrogen and oxygen atoms in total. The number of hydrogen-bond donors (Lipinski definition) is 2. The molecule has 0 saturated heterocycles. The van der Waals surface area contributed by atoms with Gasteiger partial charge in [0, 0.05) is 17.0 Å². The molecule has 1 heterocycles. The van der Waals surface area contributed by atoms with Gasteiger partial charge in [0.05, 0.1) is 27.2 Å². The molecule has 0 aliphatic rings. The highest BCUT2D eigenvalue weighted by atomic mass is 32.2. The summed E-state index contributed by atoms with van der Waals surface area (Å²) >= 11 is 0. The second-order valence-corrected chi connectivity index (χ2v) is 11.7. The number of nitrogens with one attached hydrogen (secondary N) is 2. The summed E-state index contributed by atoms with van der Waals surface area (Å²) in [6.07, 6.45) is -3.45. The number of carbonyl (C=O) groups is 1. The Morgan fingerprint density at radius 3 is 2.30 bits per heavy atom. The summed E-state index contributed by atoms with van der Waals surface area (Å²) < 4.78 is 97.6. The van der Waals surface area contributed by atoms with E-state index in [0.29, 0.717) is 17.0 Å². The van der Waals surface area contributed by atoms with Crippen LogP contribution in [0.4, 0.5) is 33.6 Å². The molecule has 1 amide bonds. The van der Waals surface area contributed by atoms with Gasteiger partial charge in [0.25, 0.3) is 10.0 Å². The van der Waals surface area contributed by atoms with Gasteiger partial charge in [0.15, 0.2) is 5.82 Å². The Kier molecular flexibility index (Phi) is 7.30. The van der Waals surface area contributed by atoms with Crippen LogP contribution in [0.1, 0.15) is 31.9 Å². The van der Waals surface area contributed by atoms with Gasteiger partial charge in [0.2, 0.25) is 11.9 Å². The second kappa shape index (κ2) is 10.1. The Bertz CT molecular complexity index is 1750.